The van der Waals surface area contributed by atoms with Crippen LogP contribution < -0.4 is 0 Å². The predicted molar refractivity (Wildman–Crippen MR) is 103 cm³/mol. The van der Waals surface area contributed by atoms with Gasteiger partial charge in [0.25, 0.3) is 0 Å². The van der Waals surface area contributed by atoms with Gasteiger partial charge in [0.05, 0.1) is 0 Å². The Kier molecular flexibility index (Phi) is 7.04. The molecule has 28 heavy (non-hydrogen) atoms. The molecule has 0 radical (unpaired) electrons. The molecule has 2 saturated heterocycles. The summed E-state index contributed by atoms with van der Waals surface area (Å²) in [5.41, 5.74) is 0. The van der Waals surface area contributed by atoms with Crippen LogP contribution in [-0.2, 0) is 20.7 Å². The standard InChI is InChI=1S/C20H32N4O4/c1-14(2)19-21-18(22-28-19)6-10-24(15(3)25)17-5-4-9-23(13-17)20(26)16-7-11-27-12-8-16/h14,16-17H,4-13H2,1-3H3. The summed E-state index contributed by atoms with van der Waals surface area (Å²) in [5.74, 6) is 1.74. The van der Waals surface area contributed by atoms with E-state index in [1.165, 1.54) is 0 Å². The van der Waals surface area contributed by atoms with Crippen molar-refractivity contribution in [3.8, 4) is 0 Å². The molecule has 2 fully saturated rings. The largest absolute Gasteiger partial charge is 0.381 e. The van der Waals surface area contributed by atoms with Crippen molar-refractivity contribution in [2.45, 2.75) is 64.8 Å². The smallest absolute Gasteiger partial charge is 0.229 e. The van der Waals surface area contributed by atoms with Gasteiger partial charge in [-0.1, -0.05) is 19.0 Å². The molecule has 0 spiro atoms. The van der Waals surface area contributed by atoms with Gasteiger partial charge in [-0.2, -0.15) is 4.98 Å². The Morgan fingerprint density at radius 1 is 1.25 bits per heavy atom. The third kappa shape index (κ3) is 5.10. The minimum atomic E-state index is 0.0259. The summed E-state index contributed by atoms with van der Waals surface area (Å²) in [7, 11) is 0. The van der Waals surface area contributed by atoms with Gasteiger partial charge in [-0.3, -0.25) is 9.59 Å². The van der Waals surface area contributed by atoms with E-state index < -0.39 is 0 Å². The number of amides is 2. The van der Waals surface area contributed by atoms with E-state index >= 15 is 0 Å². The van der Waals surface area contributed by atoms with Gasteiger partial charge in [-0.25, -0.2) is 0 Å². The summed E-state index contributed by atoms with van der Waals surface area (Å²) in [6, 6.07) is 0.0477. The third-order valence-electron chi connectivity index (χ3n) is 5.68. The third-order valence-corrected chi connectivity index (χ3v) is 5.68. The molecule has 8 nitrogen and oxygen atoms in total. The highest BCUT2D eigenvalue weighted by molar-refractivity contribution is 5.79. The van der Waals surface area contributed by atoms with Gasteiger partial charge in [-0.15, -0.1) is 0 Å². The maximum Gasteiger partial charge on any atom is 0.229 e. The van der Waals surface area contributed by atoms with Gasteiger partial charge >= 0.3 is 0 Å². The summed E-state index contributed by atoms with van der Waals surface area (Å²) in [6.45, 7) is 8.86. The summed E-state index contributed by atoms with van der Waals surface area (Å²) >= 11 is 0. The van der Waals surface area contributed by atoms with E-state index in [4.69, 9.17) is 9.26 Å². The number of aromatic nitrogens is 2. The maximum atomic E-state index is 12.9. The summed E-state index contributed by atoms with van der Waals surface area (Å²) in [6.07, 6.45) is 3.99. The Labute approximate surface area is 166 Å². The number of rotatable bonds is 6. The Hall–Kier alpha value is -1.96. The van der Waals surface area contributed by atoms with E-state index in [0.717, 1.165) is 32.2 Å². The van der Waals surface area contributed by atoms with Crippen LogP contribution in [0.4, 0.5) is 0 Å². The summed E-state index contributed by atoms with van der Waals surface area (Å²) in [5, 5.41) is 4.02. The van der Waals surface area contributed by atoms with Gasteiger partial charge in [0.2, 0.25) is 17.7 Å². The molecule has 156 valence electrons. The maximum absolute atomic E-state index is 12.9. The molecule has 3 rings (SSSR count). The lowest BCUT2D eigenvalue weighted by Crippen LogP contribution is -2.53. The van der Waals surface area contributed by atoms with Crippen molar-refractivity contribution >= 4 is 11.8 Å². The van der Waals surface area contributed by atoms with E-state index in [9.17, 15) is 9.59 Å². The fourth-order valence-corrected chi connectivity index (χ4v) is 4.03. The zero-order valence-electron chi connectivity index (χ0n) is 17.2. The summed E-state index contributed by atoms with van der Waals surface area (Å²) < 4.78 is 10.6. The molecule has 1 atom stereocenters. The molecular weight excluding hydrogens is 360 g/mol. The van der Waals surface area contributed by atoms with Crippen molar-refractivity contribution in [3.63, 3.8) is 0 Å². The number of hydrogen-bond acceptors (Lipinski definition) is 6. The Bertz CT molecular complexity index is 669. The van der Waals surface area contributed by atoms with Gasteiger partial charge < -0.3 is 19.1 Å². The average molecular weight is 393 g/mol. The molecule has 0 aromatic carbocycles. The zero-order chi connectivity index (χ0) is 20.1. The van der Waals surface area contributed by atoms with Crippen molar-refractivity contribution < 1.29 is 18.8 Å². The quantitative estimate of drug-likeness (QED) is 0.736. The van der Waals surface area contributed by atoms with Crippen molar-refractivity contribution in [3.05, 3.63) is 11.7 Å². The number of likely N-dealkylation sites (tertiary alicyclic amines) is 1. The lowest BCUT2D eigenvalue weighted by atomic mass is 9.96. The molecule has 0 N–H and O–H groups in total. The minimum absolute atomic E-state index is 0.0259. The molecule has 1 aromatic rings. The number of piperidine rings is 1. The van der Waals surface area contributed by atoms with Crippen LogP contribution in [0.2, 0.25) is 0 Å². The number of ether oxygens (including phenoxy) is 1. The monoisotopic (exact) mass is 392 g/mol. The van der Waals surface area contributed by atoms with E-state index in [1.807, 2.05) is 23.6 Å². The second-order valence-corrected chi connectivity index (χ2v) is 8.13. The normalized spacial score (nSPS) is 21.1. The molecule has 1 unspecified atom stereocenters. The second kappa shape index (κ2) is 9.49. The molecule has 1 aromatic heterocycles. The molecule has 0 aliphatic carbocycles. The van der Waals surface area contributed by atoms with Crippen LogP contribution in [0.15, 0.2) is 4.52 Å². The fraction of sp³-hybridized carbons (Fsp3) is 0.800. The van der Waals surface area contributed by atoms with Gasteiger partial charge in [0.15, 0.2) is 5.82 Å². The van der Waals surface area contributed by atoms with Gasteiger partial charge in [0.1, 0.15) is 0 Å². The highest BCUT2D eigenvalue weighted by Crippen LogP contribution is 2.23. The number of carbonyl (C=O) groups excluding carboxylic acids is 2. The lowest BCUT2D eigenvalue weighted by molar-refractivity contribution is -0.143. The van der Waals surface area contributed by atoms with Crippen molar-refractivity contribution in [2.24, 2.45) is 5.92 Å². The van der Waals surface area contributed by atoms with Gasteiger partial charge in [0, 0.05) is 64.1 Å². The average Bonchev–Trinajstić information content (AvgIpc) is 3.18. The van der Waals surface area contributed by atoms with E-state index in [0.29, 0.717) is 44.4 Å². The molecule has 0 bridgehead atoms. The molecule has 2 aliphatic heterocycles. The first-order valence-corrected chi connectivity index (χ1v) is 10.4. The lowest BCUT2D eigenvalue weighted by Gasteiger charge is -2.40. The van der Waals surface area contributed by atoms with Crippen LogP contribution in [0, 0.1) is 5.92 Å². The first kappa shape index (κ1) is 20.8. The Balaban J connectivity index is 1.59. The number of nitrogens with zero attached hydrogens (tertiary/aromatic N) is 4. The Morgan fingerprint density at radius 2 is 2.00 bits per heavy atom. The van der Waals surface area contributed by atoms with E-state index in [-0.39, 0.29) is 29.7 Å². The number of hydrogen-bond donors (Lipinski definition) is 0. The highest BCUT2D eigenvalue weighted by atomic mass is 16.5. The molecule has 0 saturated carbocycles. The summed E-state index contributed by atoms with van der Waals surface area (Å²) in [4.78, 5) is 33.4. The van der Waals surface area contributed by atoms with Crippen LogP contribution >= 0.6 is 0 Å². The fourth-order valence-electron chi connectivity index (χ4n) is 4.03. The zero-order valence-corrected chi connectivity index (χ0v) is 17.2. The molecule has 2 aliphatic rings. The Morgan fingerprint density at radius 3 is 2.64 bits per heavy atom. The van der Waals surface area contributed by atoms with E-state index in [2.05, 4.69) is 10.1 Å². The van der Waals surface area contributed by atoms with E-state index in [1.54, 1.807) is 6.92 Å². The topological polar surface area (TPSA) is 88.8 Å². The van der Waals surface area contributed by atoms with Crippen LogP contribution in [0.5, 0.6) is 0 Å². The van der Waals surface area contributed by atoms with Crippen molar-refractivity contribution in [1.82, 2.24) is 19.9 Å². The second-order valence-electron chi connectivity index (χ2n) is 8.13. The molecule has 3 heterocycles. The molecular formula is C20H32N4O4. The number of carbonyl (C=O) groups is 2. The highest BCUT2D eigenvalue weighted by Gasteiger charge is 2.33. The van der Waals surface area contributed by atoms with Crippen LogP contribution in [0.25, 0.3) is 0 Å². The molecule has 2 amide bonds. The van der Waals surface area contributed by atoms with Gasteiger partial charge in [-0.05, 0) is 25.7 Å². The van der Waals surface area contributed by atoms with Crippen molar-refractivity contribution in [2.75, 3.05) is 32.8 Å². The SMILES string of the molecule is CC(=O)N(CCc1noc(C(C)C)n1)C1CCCN(C(=O)C2CCOCC2)C1. The predicted octanol–water partition coefficient (Wildman–Crippen LogP) is 2.00. The molecule has 8 heteroatoms. The first-order valence-electron chi connectivity index (χ1n) is 10.4. The van der Waals surface area contributed by atoms with Crippen LogP contribution in [-0.4, -0.2) is 70.6 Å². The van der Waals surface area contributed by atoms with Crippen molar-refractivity contribution in [1.29, 1.82) is 0 Å². The van der Waals surface area contributed by atoms with Crippen LogP contribution in [0.1, 0.15) is 64.1 Å². The minimum Gasteiger partial charge on any atom is -0.381 e. The van der Waals surface area contributed by atoms with Crippen LogP contribution in [0.3, 0.4) is 0 Å². The first-order chi connectivity index (χ1) is 13.5.